The van der Waals surface area contributed by atoms with Crippen molar-refractivity contribution in [1.82, 2.24) is 10.6 Å². The highest BCUT2D eigenvalue weighted by atomic mass is 32.1. The first-order valence-electron chi connectivity index (χ1n) is 11.5. The Morgan fingerprint density at radius 2 is 1.54 bits per heavy atom. The number of hydrogen-bond acceptors (Lipinski definition) is 5. The molecule has 6 rings (SSSR count). The molecule has 0 spiro atoms. The molecule has 0 aliphatic carbocycles. The maximum absolute atomic E-state index is 15.0. The summed E-state index contributed by atoms with van der Waals surface area (Å²) in [6, 6.07) is 14.3. The van der Waals surface area contributed by atoms with Crippen molar-refractivity contribution in [2.75, 3.05) is 4.90 Å². The lowest BCUT2D eigenvalue weighted by Crippen LogP contribution is -2.51. The number of rotatable bonds is 1. The summed E-state index contributed by atoms with van der Waals surface area (Å²) in [7, 11) is 0. The molecule has 5 nitrogen and oxygen atoms in total. The van der Waals surface area contributed by atoms with E-state index in [1.807, 2.05) is 49.1 Å². The van der Waals surface area contributed by atoms with Crippen LogP contribution < -0.4 is 15.5 Å². The number of halogens is 3. The summed E-state index contributed by atoms with van der Waals surface area (Å²) >= 11 is 5.96. The van der Waals surface area contributed by atoms with Crippen LogP contribution in [0.2, 0.25) is 0 Å². The molecule has 37 heavy (non-hydrogen) atoms. The van der Waals surface area contributed by atoms with Gasteiger partial charge in [-0.1, -0.05) is 50.2 Å². The lowest BCUT2D eigenvalue weighted by Gasteiger charge is -2.49. The Balaban J connectivity index is 1.66. The van der Waals surface area contributed by atoms with Crippen molar-refractivity contribution in [2.45, 2.75) is 37.8 Å². The molecule has 1 unspecified atom stereocenters. The van der Waals surface area contributed by atoms with Crippen molar-refractivity contribution in [1.29, 1.82) is 0 Å². The van der Waals surface area contributed by atoms with E-state index in [2.05, 4.69) is 10.6 Å². The lowest BCUT2D eigenvalue weighted by atomic mass is 9.66. The van der Waals surface area contributed by atoms with E-state index >= 15 is 13.2 Å². The molecule has 0 saturated carbocycles. The fourth-order valence-corrected chi connectivity index (χ4v) is 6.98. The van der Waals surface area contributed by atoms with Crippen LogP contribution in [-0.2, 0) is 20.4 Å². The highest BCUT2D eigenvalue weighted by Crippen LogP contribution is 2.64. The molecule has 10 heteroatoms. The molecule has 188 valence electrons. The van der Waals surface area contributed by atoms with Crippen molar-refractivity contribution in [3.05, 3.63) is 81.2 Å². The van der Waals surface area contributed by atoms with Gasteiger partial charge in [0.15, 0.2) is 5.11 Å². The Kier molecular flexibility index (Phi) is 4.85. The third kappa shape index (κ3) is 3.12. The van der Waals surface area contributed by atoms with Crippen LogP contribution in [0.15, 0.2) is 54.1 Å². The molecule has 3 aliphatic heterocycles. The van der Waals surface area contributed by atoms with Gasteiger partial charge in [-0.25, -0.2) is 0 Å². The number of thiophene rings is 1. The Morgan fingerprint density at radius 3 is 2.22 bits per heavy atom. The molecule has 2 N–H and O–H groups in total. The van der Waals surface area contributed by atoms with E-state index in [0.29, 0.717) is 15.6 Å². The van der Waals surface area contributed by atoms with Gasteiger partial charge in [0.25, 0.3) is 11.8 Å². The molecule has 1 saturated heterocycles. The quantitative estimate of drug-likeness (QED) is 0.228. The predicted octanol–water partition coefficient (Wildman–Crippen LogP) is 5.95. The minimum atomic E-state index is -4.61. The molecule has 2 aromatic carbocycles. The third-order valence-corrected chi connectivity index (χ3v) is 8.83. The average Bonchev–Trinajstić information content (AvgIpc) is 3.24. The summed E-state index contributed by atoms with van der Waals surface area (Å²) in [5, 5.41) is 5.01. The number of thiocarbonyl (C=S) groups is 1. The number of amides is 2. The first kappa shape index (κ1) is 23.9. The van der Waals surface area contributed by atoms with E-state index in [0.717, 1.165) is 28.2 Å². The summed E-state index contributed by atoms with van der Waals surface area (Å²) in [6.45, 7) is 5.25. The molecule has 3 aliphatic rings. The summed E-state index contributed by atoms with van der Waals surface area (Å²) in [6.07, 6.45) is -3.29. The zero-order valence-corrected chi connectivity index (χ0v) is 21.5. The van der Waals surface area contributed by atoms with Crippen molar-refractivity contribution >= 4 is 62.9 Å². The van der Waals surface area contributed by atoms with Crippen LogP contribution in [0.4, 0.5) is 29.5 Å². The molecule has 0 radical (unpaired) electrons. The molecule has 1 aromatic heterocycles. The van der Waals surface area contributed by atoms with E-state index in [1.165, 1.54) is 19.1 Å². The lowest BCUT2D eigenvalue weighted by molar-refractivity contribution is -0.173. The number of para-hydroxylation sites is 2. The van der Waals surface area contributed by atoms with Gasteiger partial charge >= 0.3 is 6.18 Å². The first-order chi connectivity index (χ1) is 17.4. The fraction of sp³-hybridized carbons (Fsp3) is 0.222. The van der Waals surface area contributed by atoms with E-state index in [9.17, 15) is 9.59 Å². The van der Waals surface area contributed by atoms with Crippen LogP contribution in [0.3, 0.4) is 0 Å². The van der Waals surface area contributed by atoms with Gasteiger partial charge in [0, 0.05) is 15.9 Å². The van der Waals surface area contributed by atoms with Crippen LogP contribution in [0.5, 0.6) is 0 Å². The van der Waals surface area contributed by atoms with Crippen LogP contribution in [0.1, 0.15) is 47.9 Å². The van der Waals surface area contributed by atoms with Crippen LogP contribution in [0, 0.1) is 0 Å². The number of anilines is 3. The minimum absolute atomic E-state index is 0.0724. The van der Waals surface area contributed by atoms with Crippen LogP contribution in [0.25, 0.3) is 6.08 Å². The van der Waals surface area contributed by atoms with Gasteiger partial charge in [-0.15, -0.1) is 11.3 Å². The topological polar surface area (TPSA) is 61.4 Å². The van der Waals surface area contributed by atoms with Gasteiger partial charge in [0.2, 0.25) is 0 Å². The van der Waals surface area contributed by atoms with Crippen LogP contribution in [-0.4, -0.2) is 23.1 Å². The number of benzene rings is 2. The van der Waals surface area contributed by atoms with Crippen molar-refractivity contribution < 1.29 is 22.8 Å². The van der Waals surface area contributed by atoms with Gasteiger partial charge in [-0.05, 0) is 54.0 Å². The number of carbonyl (C=O) groups excluding carboxylic acids is 2. The summed E-state index contributed by atoms with van der Waals surface area (Å²) in [4.78, 5) is 27.1. The SMILES string of the molecule is CC1(C)c2ccccc2N2c3sc(C=C4C(=O)NC(=S)NC4=O)cc3C(C)(C(F)(F)F)c3cccc1c32. The number of alkyl halides is 3. The van der Waals surface area contributed by atoms with E-state index in [4.69, 9.17) is 12.2 Å². The highest BCUT2D eigenvalue weighted by molar-refractivity contribution is 7.80. The highest BCUT2D eigenvalue weighted by Gasteiger charge is 2.60. The number of hydrogen-bond donors (Lipinski definition) is 2. The molecule has 1 fully saturated rings. The van der Waals surface area contributed by atoms with Gasteiger partial charge in [-0.2, -0.15) is 13.2 Å². The maximum Gasteiger partial charge on any atom is 0.402 e. The summed E-state index contributed by atoms with van der Waals surface area (Å²) in [5.74, 6) is -1.40. The normalized spacial score (nSPS) is 21.5. The van der Waals surface area contributed by atoms with Gasteiger partial charge in [0.1, 0.15) is 16.0 Å². The molecular formula is C27H20F3N3O2S2. The smallest absolute Gasteiger partial charge is 0.301 e. The Bertz CT molecular complexity index is 1570. The summed E-state index contributed by atoms with van der Waals surface area (Å²) < 4.78 is 45.0. The second kappa shape index (κ2) is 7.52. The monoisotopic (exact) mass is 539 g/mol. The second-order valence-electron chi connectivity index (χ2n) is 9.97. The predicted molar refractivity (Wildman–Crippen MR) is 140 cm³/mol. The number of carbonyl (C=O) groups is 2. The standard InChI is InChI=1S/C27H20F3N3O2S2/c1-25(2)15-7-4-5-10-19(15)33-20-16(25)8-6-9-17(20)26(3,27(28,29)30)18-12-13(37-23(18)33)11-14-21(34)31-24(36)32-22(14)35/h4-12H,1-3H3,(H2,31,32,34,35,36). The van der Waals surface area contributed by atoms with Crippen molar-refractivity contribution in [3.63, 3.8) is 0 Å². The number of nitrogens with one attached hydrogen (secondary N) is 2. The summed E-state index contributed by atoms with van der Waals surface area (Å²) in [5.41, 5.74) is 0.312. The third-order valence-electron chi connectivity index (χ3n) is 7.56. The zero-order valence-electron chi connectivity index (χ0n) is 19.9. The van der Waals surface area contributed by atoms with Crippen molar-refractivity contribution in [2.24, 2.45) is 0 Å². The Labute approximate surface area is 220 Å². The molecule has 4 heterocycles. The second-order valence-corrected chi connectivity index (χ2v) is 11.4. The van der Waals surface area contributed by atoms with E-state index in [-0.39, 0.29) is 21.8 Å². The van der Waals surface area contributed by atoms with Gasteiger partial charge in [0.05, 0.1) is 11.4 Å². The van der Waals surface area contributed by atoms with Crippen LogP contribution >= 0.6 is 23.6 Å². The number of nitrogens with zero attached hydrogens (tertiary/aromatic N) is 1. The molecular weight excluding hydrogens is 519 g/mol. The van der Waals surface area contributed by atoms with E-state index in [1.54, 1.807) is 12.1 Å². The molecule has 1 atom stereocenters. The first-order valence-corrected chi connectivity index (χ1v) is 12.7. The average molecular weight is 540 g/mol. The molecule has 0 bridgehead atoms. The van der Waals surface area contributed by atoms with E-state index < -0.39 is 28.8 Å². The minimum Gasteiger partial charge on any atom is -0.301 e. The molecule has 3 aromatic rings. The Morgan fingerprint density at radius 1 is 0.919 bits per heavy atom. The fourth-order valence-electron chi connectivity index (χ4n) is 5.56. The largest absolute Gasteiger partial charge is 0.402 e. The Hall–Kier alpha value is -3.50. The van der Waals surface area contributed by atoms with Crippen molar-refractivity contribution in [3.8, 4) is 0 Å². The van der Waals surface area contributed by atoms with Gasteiger partial charge in [-0.3, -0.25) is 20.2 Å². The zero-order chi connectivity index (χ0) is 26.5. The number of fused-ring (bicyclic) bond motifs is 4. The van der Waals surface area contributed by atoms with Gasteiger partial charge < -0.3 is 4.90 Å². The molecule has 2 amide bonds. The maximum atomic E-state index is 15.0.